The molecule has 0 unspecified atom stereocenters. The van der Waals surface area contributed by atoms with Gasteiger partial charge in [0.1, 0.15) is 6.07 Å². The molecular weight excluding hydrogens is 308 g/mol. The van der Waals surface area contributed by atoms with E-state index in [1.165, 1.54) is 5.56 Å². The second-order valence-electron chi connectivity index (χ2n) is 5.10. The van der Waals surface area contributed by atoms with Gasteiger partial charge in [-0.25, -0.2) is 4.68 Å². The van der Waals surface area contributed by atoms with Gasteiger partial charge in [0.25, 0.3) is 0 Å². The van der Waals surface area contributed by atoms with Crippen LogP contribution in [0.2, 0.25) is 5.02 Å². The third kappa shape index (κ3) is 3.71. The molecule has 3 aromatic rings. The summed E-state index contributed by atoms with van der Waals surface area (Å²) >= 11 is 6.02. The first-order valence-corrected chi connectivity index (χ1v) is 7.66. The number of hydrogen-bond acceptors (Lipinski definition) is 3. The summed E-state index contributed by atoms with van der Waals surface area (Å²) in [6.45, 7) is 0.795. The number of rotatable bonds is 5. The first kappa shape index (κ1) is 15.1. The smallest absolute Gasteiger partial charge is 0.101 e. The maximum Gasteiger partial charge on any atom is 0.101 e. The van der Waals surface area contributed by atoms with Crippen LogP contribution in [0.15, 0.2) is 60.9 Å². The molecule has 0 spiro atoms. The topological polar surface area (TPSA) is 53.6 Å². The zero-order chi connectivity index (χ0) is 16.1. The van der Waals surface area contributed by atoms with Crippen LogP contribution < -0.4 is 5.32 Å². The average Bonchev–Trinajstić information content (AvgIpc) is 3.10. The second-order valence-corrected chi connectivity index (χ2v) is 5.51. The highest BCUT2D eigenvalue weighted by Gasteiger charge is 2.01. The van der Waals surface area contributed by atoms with Gasteiger partial charge in [0.05, 0.1) is 16.3 Å². The van der Waals surface area contributed by atoms with Gasteiger partial charge in [0.15, 0.2) is 0 Å². The number of nitrogens with one attached hydrogen (secondary N) is 1. The van der Waals surface area contributed by atoms with Crippen LogP contribution in [0.4, 0.5) is 5.69 Å². The zero-order valence-electron chi connectivity index (χ0n) is 12.4. The van der Waals surface area contributed by atoms with Crippen molar-refractivity contribution in [2.75, 3.05) is 11.9 Å². The number of aromatic nitrogens is 2. The van der Waals surface area contributed by atoms with Crippen LogP contribution in [-0.4, -0.2) is 16.3 Å². The first-order chi connectivity index (χ1) is 11.3. The third-order valence-electron chi connectivity index (χ3n) is 3.54. The number of hydrogen-bond donors (Lipinski definition) is 1. The number of nitriles is 1. The van der Waals surface area contributed by atoms with Crippen molar-refractivity contribution in [2.45, 2.75) is 6.42 Å². The van der Waals surface area contributed by atoms with Gasteiger partial charge in [-0.15, -0.1) is 0 Å². The predicted molar refractivity (Wildman–Crippen MR) is 91.9 cm³/mol. The molecule has 2 aromatic carbocycles. The van der Waals surface area contributed by atoms with E-state index in [4.69, 9.17) is 16.9 Å². The lowest BCUT2D eigenvalue weighted by molar-refractivity contribution is 0.878. The Morgan fingerprint density at radius 1 is 1.17 bits per heavy atom. The molecule has 0 amide bonds. The maximum atomic E-state index is 8.86. The van der Waals surface area contributed by atoms with E-state index < -0.39 is 0 Å². The summed E-state index contributed by atoms with van der Waals surface area (Å²) in [6.07, 6.45) is 4.59. The molecule has 1 heterocycles. The Kier molecular flexibility index (Phi) is 4.60. The molecule has 23 heavy (non-hydrogen) atoms. The van der Waals surface area contributed by atoms with Crippen molar-refractivity contribution < 1.29 is 0 Å². The van der Waals surface area contributed by atoms with E-state index in [1.54, 1.807) is 18.3 Å². The third-order valence-corrected chi connectivity index (χ3v) is 3.85. The fourth-order valence-electron chi connectivity index (χ4n) is 2.30. The van der Waals surface area contributed by atoms with E-state index in [2.05, 4.69) is 40.8 Å². The summed E-state index contributed by atoms with van der Waals surface area (Å²) in [5.41, 5.74) is 3.70. The van der Waals surface area contributed by atoms with Crippen molar-refractivity contribution in [3.05, 3.63) is 77.1 Å². The fraction of sp³-hybridized carbons (Fsp3) is 0.111. The fourth-order valence-corrected chi connectivity index (χ4v) is 2.53. The zero-order valence-corrected chi connectivity index (χ0v) is 13.2. The Labute approximate surface area is 139 Å². The number of anilines is 1. The number of benzene rings is 2. The molecule has 0 saturated heterocycles. The predicted octanol–water partition coefficient (Wildman–Crippen LogP) is 4.05. The molecule has 4 nitrogen and oxygen atoms in total. The number of halogens is 1. The van der Waals surface area contributed by atoms with Gasteiger partial charge in [-0.05, 0) is 48.4 Å². The molecule has 0 bridgehead atoms. The van der Waals surface area contributed by atoms with Gasteiger partial charge in [0.2, 0.25) is 0 Å². The Morgan fingerprint density at radius 2 is 2.00 bits per heavy atom. The standard InChI is InChI=1S/C18H15ClN4/c19-18-12-16(5-4-15(18)13-20)21-10-8-14-2-6-17(7-3-14)23-11-1-9-22-23/h1-7,9,11-12,21H,8,10H2. The Balaban J connectivity index is 1.56. The lowest BCUT2D eigenvalue weighted by Crippen LogP contribution is -2.05. The molecule has 114 valence electrons. The SMILES string of the molecule is N#Cc1ccc(NCCc2ccc(-n3cccn3)cc2)cc1Cl. The van der Waals surface area contributed by atoms with E-state index in [1.807, 2.05) is 23.0 Å². The van der Waals surface area contributed by atoms with Gasteiger partial charge in [-0.3, -0.25) is 0 Å². The largest absolute Gasteiger partial charge is 0.385 e. The second kappa shape index (κ2) is 6.99. The first-order valence-electron chi connectivity index (χ1n) is 7.29. The average molecular weight is 323 g/mol. The van der Waals surface area contributed by atoms with Crippen LogP contribution in [0.3, 0.4) is 0 Å². The van der Waals surface area contributed by atoms with Crippen molar-refractivity contribution in [2.24, 2.45) is 0 Å². The van der Waals surface area contributed by atoms with E-state index in [0.717, 1.165) is 24.3 Å². The molecule has 0 fully saturated rings. The molecule has 0 aliphatic heterocycles. The minimum Gasteiger partial charge on any atom is -0.385 e. The molecule has 0 aliphatic carbocycles. The summed E-state index contributed by atoms with van der Waals surface area (Å²) in [4.78, 5) is 0. The van der Waals surface area contributed by atoms with Gasteiger partial charge in [-0.2, -0.15) is 10.4 Å². The minimum absolute atomic E-state index is 0.473. The van der Waals surface area contributed by atoms with Crippen LogP contribution in [-0.2, 0) is 6.42 Å². The lowest BCUT2D eigenvalue weighted by atomic mass is 10.1. The monoisotopic (exact) mass is 322 g/mol. The van der Waals surface area contributed by atoms with E-state index in [-0.39, 0.29) is 0 Å². The number of nitrogens with zero attached hydrogens (tertiary/aromatic N) is 3. The van der Waals surface area contributed by atoms with Crippen LogP contribution >= 0.6 is 11.6 Å². The van der Waals surface area contributed by atoms with Crippen molar-refractivity contribution in [1.29, 1.82) is 5.26 Å². The lowest BCUT2D eigenvalue weighted by Gasteiger charge is -2.08. The van der Waals surface area contributed by atoms with Gasteiger partial charge >= 0.3 is 0 Å². The quantitative estimate of drug-likeness (QED) is 0.771. The van der Waals surface area contributed by atoms with Gasteiger partial charge < -0.3 is 5.32 Å². The van der Waals surface area contributed by atoms with E-state index in [9.17, 15) is 0 Å². The summed E-state index contributed by atoms with van der Waals surface area (Å²) in [5.74, 6) is 0. The summed E-state index contributed by atoms with van der Waals surface area (Å²) in [7, 11) is 0. The van der Waals surface area contributed by atoms with Crippen LogP contribution in [0.5, 0.6) is 0 Å². The highest BCUT2D eigenvalue weighted by atomic mass is 35.5. The minimum atomic E-state index is 0.473. The summed E-state index contributed by atoms with van der Waals surface area (Å²) in [5, 5.41) is 16.9. The molecule has 0 radical (unpaired) electrons. The van der Waals surface area contributed by atoms with Crippen LogP contribution in [0.1, 0.15) is 11.1 Å². The molecule has 0 aliphatic rings. The summed E-state index contributed by atoms with van der Waals surface area (Å²) in [6, 6.07) is 17.6. The normalized spacial score (nSPS) is 10.3. The van der Waals surface area contributed by atoms with E-state index >= 15 is 0 Å². The molecule has 3 rings (SSSR count). The molecule has 1 aromatic heterocycles. The molecule has 0 atom stereocenters. The molecule has 1 N–H and O–H groups in total. The molecule has 0 saturated carbocycles. The van der Waals surface area contributed by atoms with Crippen LogP contribution in [0.25, 0.3) is 5.69 Å². The van der Waals surface area contributed by atoms with Crippen molar-refractivity contribution in [3.63, 3.8) is 0 Å². The maximum absolute atomic E-state index is 8.86. The van der Waals surface area contributed by atoms with Gasteiger partial charge in [-0.1, -0.05) is 23.7 Å². The van der Waals surface area contributed by atoms with Gasteiger partial charge in [0, 0.05) is 24.6 Å². The van der Waals surface area contributed by atoms with Crippen LogP contribution in [0, 0.1) is 11.3 Å². The summed E-state index contributed by atoms with van der Waals surface area (Å²) < 4.78 is 1.83. The van der Waals surface area contributed by atoms with Crippen molar-refractivity contribution >= 4 is 17.3 Å². The van der Waals surface area contributed by atoms with Crippen molar-refractivity contribution in [3.8, 4) is 11.8 Å². The molecular formula is C18H15ClN4. The van der Waals surface area contributed by atoms with Crippen molar-refractivity contribution in [1.82, 2.24) is 9.78 Å². The molecule has 5 heteroatoms. The highest BCUT2D eigenvalue weighted by molar-refractivity contribution is 6.32. The highest BCUT2D eigenvalue weighted by Crippen LogP contribution is 2.20. The Morgan fingerprint density at radius 3 is 2.65 bits per heavy atom. The Bertz CT molecular complexity index is 817. The van der Waals surface area contributed by atoms with E-state index in [0.29, 0.717) is 10.6 Å². The Hall–Kier alpha value is -2.77.